The summed E-state index contributed by atoms with van der Waals surface area (Å²) in [5, 5.41) is 3.00. The molecule has 3 rings (SSSR count). The Morgan fingerprint density at radius 2 is 1.84 bits per heavy atom. The number of carbonyl (C=O) groups excluding carboxylic acids is 2. The van der Waals surface area contributed by atoms with Gasteiger partial charge in [0.05, 0.1) is 6.04 Å². The molecule has 6 nitrogen and oxygen atoms in total. The number of hydrogen-bond donors (Lipinski definition) is 1. The van der Waals surface area contributed by atoms with Gasteiger partial charge in [0.25, 0.3) is 0 Å². The summed E-state index contributed by atoms with van der Waals surface area (Å²) in [5.74, 6) is 0.657. The number of carbonyl (C=O) groups is 2. The summed E-state index contributed by atoms with van der Waals surface area (Å²) in [4.78, 5) is 30.2. The first-order valence-electron chi connectivity index (χ1n) is 11.0. The van der Waals surface area contributed by atoms with Gasteiger partial charge in [0, 0.05) is 31.5 Å². The third-order valence-electron chi connectivity index (χ3n) is 5.44. The van der Waals surface area contributed by atoms with Crippen LogP contribution in [-0.2, 0) is 22.6 Å². The van der Waals surface area contributed by atoms with E-state index in [1.807, 2.05) is 80.5 Å². The van der Waals surface area contributed by atoms with E-state index in [0.717, 1.165) is 23.3 Å². The van der Waals surface area contributed by atoms with Gasteiger partial charge in [-0.1, -0.05) is 55.5 Å². The fourth-order valence-corrected chi connectivity index (χ4v) is 3.94. The lowest BCUT2D eigenvalue weighted by atomic mass is 10.0. The van der Waals surface area contributed by atoms with Crippen LogP contribution in [0.4, 0.5) is 0 Å². The van der Waals surface area contributed by atoms with E-state index in [9.17, 15) is 9.59 Å². The Morgan fingerprint density at radius 3 is 2.55 bits per heavy atom. The van der Waals surface area contributed by atoms with Crippen molar-refractivity contribution in [1.29, 1.82) is 0 Å². The number of nitrogens with one attached hydrogen (secondary N) is 1. The molecule has 2 atom stereocenters. The molecule has 2 aromatic rings. The molecule has 0 spiro atoms. The largest absolute Gasteiger partial charge is 0.491 e. The molecule has 0 radical (unpaired) electrons. The van der Waals surface area contributed by atoms with Crippen LogP contribution >= 0.6 is 0 Å². The molecule has 0 fully saturated rings. The maximum absolute atomic E-state index is 13.8. The third kappa shape index (κ3) is 6.31. The van der Waals surface area contributed by atoms with Crippen molar-refractivity contribution in [2.45, 2.75) is 44.8 Å². The molecular formula is C25H33N3O3. The molecule has 1 aliphatic rings. The number of amides is 2. The van der Waals surface area contributed by atoms with Gasteiger partial charge in [-0.3, -0.25) is 9.59 Å². The van der Waals surface area contributed by atoms with Crippen molar-refractivity contribution in [3.05, 3.63) is 65.7 Å². The first-order valence-corrected chi connectivity index (χ1v) is 11.0. The van der Waals surface area contributed by atoms with Crippen LogP contribution in [0.25, 0.3) is 0 Å². The monoisotopic (exact) mass is 423 g/mol. The summed E-state index contributed by atoms with van der Waals surface area (Å²) in [6.07, 6.45) is 1.61. The number of benzene rings is 2. The molecule has 2 amide bonds. The number of hydrogen-bond acceptors (Lipinski definition) is 4. The fraction of sp³-hybridized carbons (Fsp3) is 0.440. The van der Waals surface area contributed by atoms with Crippen LogP contribution in [0.2, 0.25) is 0 Å². The van der Waals surface area contributed by atoms with Gasteiger partial charge in [-0.2, -0.15) is 0 Å². The highest BCUT2D eigenvalue weighted by Gasteiger charge is 2.34. The lowest BCUT2D eigenvalue weighted by Crippen LogP contribution is -2.55. The second-order valence-corrected chi connectivity index (χ2v) is 8.36. The van der Waals surface area contributed by atoms with Crippen LogP contribution in [0.3, 0.4) is 0 Å². The number of rotatable bonds is 8. The van der Waals surface area contributed by atoms with Gasteiger partial charge in [0.1, 0.15) is 18.4 Å². The molecule has 1 N–H and O–H groups in total. The zero-order valence-electron chi connectivity index (χ0n) is 18.7. The van der Waals surface area contributed by atoms with Crippen molar-refractivity contribution in [3.8, 4) is 5.75 Å². The zero-order chi connectivity index (χ0) is 22.2. The Hall–Kier alpha value is -2.86. The minimum atomic E-state index is -0.614. The van der Waals surface area contributed by atoms with Crippen LogP contribution in [0.5, 0.6) is 5.75 Å². The Morgan fingerprint density at radius 1 is 1.13 bits per heavy atom. The van der Waals surface area contributed by atoms with E-state index in [-0.39, 0.29) is 17.9 Å². The molecular weight excluding hydrogens is 390 g/mol. The predicted molar refractivity (Wildman–Crippen MR) is 122 cm³/mol. The molecule has 1 aliphatic heterocycles. The Kier molecular flexibility index (Phi) is 8.06. The van der Waals surface area contributed by atoms with Gasteiger partial charge >= 0.3 is 0 Å². The van der Waals surface area contributed by atoms with Crippen LogP contribution in [0, 0.1) is 0 Å². The van der Waals surface area contributed by atoms with Gasteiger partial charge in [-0.05, 0) is 32.1 Å². The highest BCUT2D eigenvalue weighted by molar-refractivity contribution is 5.88. The minimum absolute atomic E-state index is 0.0690. The Labute approximate surface area is 185 Å². The number of ether oxygens (including phenoxy) is 1. The van der Waals surface area contributed by atoms with E-state index in [0.29, 0.717) is 32.5 Å². The highest BCUT2D eigenvalue weighted by Crippen LogP contribution is 2.26. The smallest absolute Gasteiger partial charge is 0.246 e. The van der Waals surface area contributed by atoms with E-state index in [1.165, 1.54) is 0 Å². The van der Waals surface area contributed by atoms with Gasteiger partial charge in [0.15, 0.2) is 0 Å². The first kappa shape index (κ1) is 22.8. The van der Waals surface area contributed by atoms with E-state index >= 15 is 0 Å². The van der Waals surface area contributed by atoms with Crippen LogP contribution in [0.15, 0.2) is 54.6 Å². The van der Waals surface area contributed by atoms with Gasteiger partial charge in [-0.25, -0.2) is 0 Å². The minimum Gasteiger partial charge on any atom is -0.491 e. The van der Waals surface area contributed by atoms with E-state index < -0.39 is 6.04 Å². The molecule has 166 valence electrons. The number of likely N-dealkylation sites (N-methyl/N-ethyl adjacent to an activating group) is 1. The van der Waals surface area contributed by atoms with Crippen LogP contribution in [-0.4, -0.2) is 60.9 Å². The molecule has 1 heterocycles. The van der Waals surface area contributed by atoms with Crippen molar-refractivity contribution in [2.75, 3.05) is 27.2 Å². The molecule has 0 saturated carbocycles. The number of para-hydroxylation sites is 1. The summed E-state index contributed by atoms with van der Waals surface area (Å²) in [5.41, 5.74) is 2.00. The van der Waals surface area contributed by atoms with Crippen LogP contribution in [0.1, 0.15) is 30.9 Å². The van der Waals surface area contributed by atoms with Gasteiger partial charge < -0.3 is 19.9 Å². The maximum Gasteiger partial charge on any atom is 0.246 e. The summed E-state index contributed by atoms with van der Waals surface area (Å²) < 4.78 is 6.05. The van der Waals surface area contributed by atoms with E-state index in [4.69, 9.17) is 4.74 Å². The first-order chi connectivity index (χ1) is 15.0. The standard InChI is InChI=1S/C25H33N3O3/c1-4-10-24(29)26-22(15-19-11-6-5-7-12-19)25(30)28-16-20-13-8-9-14-23(20)31-18-21(28)17-27(2)3/h5-9,11-14,21-22H,4,10,15-18H2,1-3H3,(H,26,29)/t21-,22+/m0/s1. The van der Waals surface area contributed by atoms with Crippen LogP contribution < -0.4 is 10.1 Å². The average Bonchev–Trinajstić information content (AvgIpc) is 2.93. The zero-order valence-corrected chi connectivity index (χ0v) is 18.7. The number of fused-ring (bicyclic) bond motifs is 1. The normalized spacial score (nSPS) is 16.8. The molecule has 2 aromatic carbocycles. The summed E-state index contributed by atoms with van der Waals surface area (Å²) in [7, 11) is 3.98. The van der Waals surface area contributed by atoms with Crippen molar-refractivity contribution in [3.63, 3.8) is 0 Å². The van der Waals surface area contributed by atoms with Crippen molar-refractivity contribution in [2.24, 2.45) is 0 Å². The summed E-state index contributed by atoms with van der Waals surface area (Å²) in [6, 6.07) is 17.0. The van der Waals surface area contributed by atoms with Crippen molar-refractivity contribution in [1.82, 2.24) is 15.1 Å². The summed E-state index contributed by atoms with van der Waals surface area (Å²) >= 11 is 0. The van der Waals surface area contributed by atoms with Crippen molar-refractivity contribution >= 4 is 11.8 Å². The summed E-state index contributed by atoms with van der Waals surface area (Å²) in [6.45, 7) is 3.52. The average molecular weight is 424 g/mol. The quantitative estimate of drug-likeness (QED) is 0.709. The second kappa shape index (κ2) is 11.0. The molecule has 0 saturated heterocycles. The van der Waals surface area contributed by atoms with Gasteiger partial charge in [-0.15, -0.1) is 0 Å². The topological polar surface area (TPSA) is 61.9 Å². The molecule has 0 aliphatic carbocycles. The maximum atomic E-state index is 13.8. The Bertz CT molecular complexity index is 869. The fourth-order valence-electron chi connectivity index (χ4n) is 3.94. The van der Waals surface area contributed by atoms with Gasteiger partial charge in [0.2, 0.25) is 11.8 Å². The third-order valence-corrected chi connectivity index (χ3v) is 5.44. The molecule has 6 heteroatoms. The van der Waals surface area contributed by atoms with Crippen molar-refractivity contribution < 1.29 is 14.3 Å². The van der Waals surface area contributed by atoms with E-state index in [2.05, 4.69) is 10.2 Å². The predicted octanol–water partition coefficient (Wildman–Crippen LogP) is 2.87. The molecule has 0 aromatic heterocycles. The number of nitrogens with zero attached hydrogens (tertiary/aromatic N) is 2. The SMILES string of the molecule is CCCC(=O)N[C@H](Cc1ccccc1)C(=O)N1Cc2ccccc2OC[C@@H]1CN(C)C. The second-order valence-electron chi connectivity index (χ2n) is 8.36. The Balaban J connectivity index is 1.89. The van der Waals surface area contributed by atoms with E-state index in [1.54, 1.807) is 0 Å². The highest BCUT2D eigenvalue weighted by atomic mass is 16.5. The molecule has 31 heavy (non-hydrogen) atoms. The lowest BCUT2D eigenvalue weighted by Gasteiger charge is -2.34. The molecule has 0 bridgehead atoms. The molecule has 0 unspecified atom stereocenters. The lowest BCUT2D eigenvalue weighted by molar-refractivity contribution is -0.139.